The fourth-order valence-electron chi connectivity index (χ4n) is 2.52. The van der Waals surface area contributed by atoms with Crippen LogP contribution in [-0.4, -0.2) is 17.7 Å². The van der Waals surface area contributed by atoms with Crippen molar-refractivity contribution in [1.82, 2.24) is 10.6 Å². The molecule has 1 aromatic heterocycles. The van der Waals surface area contributed by atoms with E-state index in [1.807, 2.05) is 47.2 Å². The molecule has 0 bridgehead atoms. The molecule has 0 radical (unpaired) electrons. The van der Waals surface area contributed by atoms with E-state index in [0.717, 1.165) is 11.1 Å². The Labute approximate surface area is 144 Å². The normalized spacial score (nSPS) is 17.4. The fourth-order valence-corrected chi connectivity index (χ4v) is 3.42. The van der Waals surface area contributed by atoms with E-state index < -0.39 is 0 Å². The summed E-state index contributed by atoms with van der Waals surface area (Å²) in [4.78, 5) is 12.6. The van der Waals surface area contributed by atoms with Crippen molar-refractivity contribution in [2.75, 3.05) is 6.61 Å². The zero-order valence-corrected chi connectivity index (χ0v) is 14.2. The molecule has 1 aliphatic rings. The van der Waals surface area contributed by atoms with E-state index in [-0.39, 0.29) is 12.0 Å². The van der Waals surface area contributed by atoms with E-state index in [0.29, 0.717) is 23.0 Å². The number of thiophene rings is 1. The van der Waals surface area contributed by atoms with Crippen molar-refractivity contribution in [3.05, 3.63) is 63.9 Å². The highest BCUT2D eigenvalue weighted by Crippen LogP contribution is 2.32. The van der Waals surface area contributed by atoms with Crippen molar-refractivity contribution in [2.45, 2.75) is 13.0 Å². The Hall–Kier alpha value is -2.18. The second kappa shape index (κ2) is 6.93. The molecule has 23 heavy (non-hydrogen) atoms. The van der Waals surface area contributed by atoms with Crippen molar-refractivity contribution in [1.29, 1.82) is 0 Å². The summed E-state index contributed by atoms with van der Waals surface area (Å²) in [6.07, 6.45) is 0. The zero-order chi connectivity index (χ0) is 16.2. The summed E-state index contributed by atoms with van der Waals surface area (Å²) >= 11 is 6.91. The Morgan fingerprint density at radius 2 is 2.09 bits per heavy atom. The van der Waals surface area contributed by atoms with Gasteiger partial charge in [0, 0.05) is 0 Å². The number of benzene rings is 1. The first-order valence-corrected chi connectivity index (χ1v) is 8.62. The van der Waals surface area contributed by atoms with Gasteiger partial charge in [-0.1, -0.05) is 30.3 Å². The molecule has 0 aliphatic carbocycles. The predicted octanol–water partition coefficient (Wildman–Crippen LogP) is 3.24. The minimum atomic E-state index is -0.343. The summed E-state index contributed by atoms with van der Waals surface area (Å²) in [5.74, 6) is -0.343. The number of nitrogens with one attached hydrogen (secondary N) is 2. The van der Waals surface area contributed by atoms with Crippen LogP contribution in [0.5, 0.6) is 0 Å². The Balaban J connectivity index is 2.15. The Bertz CT molecular complexity index is 739. The van der Waals surface area contributed by atoms with Crippen LogP contribution < -0.4 is 10.6 Å². The summed E-state index contributed by atoms with van der Waals surface area (Å²) in [6.45, 7) is 2.12. The van der Waals surface area contributed by atoms with E-state index in [4.69, 9.17) is 17.0 Å². The van der Waals surface area contributed by atoms with Gasteiger partial charge in [-0.15, -0.1) is 0 Å². The van der Waals surface area contributed by atoms with Gasteiger partial charge in [0.25, 0.3) is 0 Å². The van der Waals surface area contributed by atoms with Crippen molar-refractivity contribution < 1.29 is 9.53 Å². The van der Waals surface area contributed by atoms with Gasteiger partial charge < -0.3 is 15.4 Å². The first kappa shape index (κ1) is 15.7. The monoisotopic (exact) mass is 344 g/mol. The number of hydrogen-bond donors (Lipinski definition) is 2. The molecule has 118 valence electrons. The van der Waals surface area contributed by atoms with Crippen LogP contribution in [-0.2, 0) is 9.53 Å². The summed E-state index contributed by atoms with van der Waals surface area (Å²) in [7, 11) is 0. The molecule has 0 saturated heterocycles. The second-order valence-electron chi connectivity index (χ2n) is 4.96. The lowest BCUT2D eigenvalue weighted by atomic mass is 9.94. The molecular weight excluding hydrogens is 328 g/mol. The van der Waals surface area contributed by atoms with Gasteiger partial charge in [0.1, 0.15) is 0 Å². The third kappa shape index (κ3) is 3.28. The number of hydrogen-bond acceptors (Lipinski definition) is 4. The minimum Gasteiger partial charge on any atom is -0.463 e. The van der Waals surface area contributed by atoms with Crippen LogP contribution in [0.4, 0.5) is 0 Å². The number of ether oxygens (including phenoxy) is 1. The first-order chi connectivity index (χ1) is 11.2. The molecule has 1 aromatic carbocycles. The van der Waals surface area contributed by atoms with Gasteiger partial charge in [-0.3, -0.25) is 0 Å². The lowest BCUT2D eigenvalue weighted by Crippen LogP contribution is -2.45. The first-order valence-electron chi connectivity index (χ1n) is 7.27. The number of esters is 1. The largest absolute Gasteiger partial charge is 0.463 e. The average Bonchev–Trinajstić information content (AvgIpc) is 3.09. The van der Waals surface area contributed by atoms with E-state index >= 15 is 0 Å². The molecule has 1 atom stereocenters. The van der Waals surface area contributed by atoms with Crippen molar-refractivity contribution in [3.63, 3.8) is 0 Å². The Kier molecular flexibility index (Phi) is 4.73. The van der Waals surface area contributed by atoms with Gasteiger partial charge in [0.15, 0.2) is 5.11 Å². The molecular formula is C17H16N2O2S2. The maximum Gasteiger partial charge on any atom is 0.338 e. The van der Waals surface area contributed by atoms with Crippen LogP contribution in [0.2, 0.25) is 0 Å². The lowest BCUT2D eigenvalue weighted by Gasteiger charge is -2.30. The molecule has 0 fully saturated rings. The number of thiocarbonyl (C=S) groups is 1. The molecule has 3 rings (SSSR count). The third-order valence-corrected chi connectivity index (χ3v) is 4.43. The molecule has 6 heteroatoms. The highest BCUT2D eigenvalue weighted by Gasteiger charge is 2.33. The van der Waals surface area contributed by atoms with E-state index in [1.54, 1.807) is 18.3 Å². The number of carbonyl (C=O) groups is 1. The summed E-state index contributed by atoms with van der Waals surface area (Å²) in [5, 5.41) is 10.8. The maximum atomic E-state index is 12.6. The highest BCUT2D eigenvalue weighted by atomic mass is 32.1. The molecule has 0 saturated carbocycles. The third-order valence-electron chi connectivity index (χ3n) is 3.51. The Morgan fingerprint density at radius 1 is 1.30 bits per heavy atom. The molecule has 0 spiro atoms. The number of rotatable bonds is 4. The van der Waals surface area contributed by atoms with E-state index in [9.17, 15) is 4.79 Å². The van der Waals surface area contributed by atoms with Crippen molar-refractivity contribution >= 4 is 40.3 Å². The molecule has 4 nitrogen and oxygen atoms in total. The van der Waals surface area contributed by atoms with Crippen LogP contribution in [0, 0.1) is 0 Å². The van der Waals surface area contributed by atoms with Crippen LogP contribution in [0.1, 0.15) is 24.1 Å². The summed E-state index contributed by atoms with van der Waals surface area (Å²) < 4.78 is 5.28. The molecule has 2 aromatic rings. The van der Waals surface area contributed by atoms with Crippen LogP contribution in [0.25, 0.3) is 5.70 Å². The van der Waals surface area contributed by atoms with E-state index in [1.165, 1.54) is 0 Å². The van der Waals surface area contributed by atoms with Crippen molar-refractivity contribution in [2.24, 2.45) is 0 Å². The van der Waals surface area contributed by atoms with E-state index in [2.05, 4.69) is 10.6 Å². The zero-order valence-electron chi connectivity index (χ0n) is 12.5. The molecule has 2 N–H and O–H groups in total. The van der Waals surface area contributed by atoms with Gasteiger partial charge in [-0.05, 0) is 47.1 Å². The minimum absolute atomic E-state index is 0.316. The fraction of sp³-hybridized carbons (Fsp3) is 0.176. The van der Waals surface area contributed by atoms with Gasteiger partial charge in [0.05, 0.1) is 23.9 Å². The predicted molar refractivity (Wildman–Crippen MR) is 95.9 cm³/mol. The molecule has 0 amide bonds. The topological polar surface area (TPSA) is 50.4 Å². The highest BCUT2D eigenvalue weighted by molar-refractivity contribution is 7.80. The van der Waals surface area contributed by atoms with Crippen LogP contribution in [0.3, 0.4) is 0 Å². The Morgan fingerprint density at radius 3 is 2.74 bits per heavy atom. The van der Waals surface area contributed by atoms with Gasteiger partial charge >= 0.3 is 5.97 Å². The van der Waals surface area contributed by atoms with Crippen LogP contribution in [0.15, 0.2) is 52.7 Å². The van der Waals surface area contributed by atoms with Crippen LogP contribution >= 0.6 is 23.6 Å². The SMILES string of the molecule is CCOC(=O)C1=C(c2ccccc2)NC(=S)NC1c1ccsc1. The number of carbonyl (C=O) groups excluding carboxylic acids is 1. The molecule has 1 aliphatic heterocycles. The second-order valence-corrected chi connectivity index (χ2v) is 6.15. The standard InChI is InChI=1S/C17H16N2O2S2/c1-2-21-16(20)13-14(11-6-4-3-5-7-11)18-17(22)19-15(13)12-8-9-23-10-12/h3-10,15H,2H2,1H3,(H2,18,19,22). The summed E-state index contributed by atoms with van der Waals surface area (Å²) in [6, 6.07) is 11.3. The smallest absolute Gasteiger partial charge is 0.338 e. The lowest BCUT2D eigenvalue weighted by molar-refractivity contribution is -0.138. The van der Waals surface area contributed by atoms with Gasteiger partial charge in [-0.25, -0.2) is 4.79 Å². The quantitative estimate of drug-likeness (QED) is 0.659. The molecule has 1 unspecified atom stereocenters. The summed E-state index contributed by atoms with van der Waals surface area (Å²) in [5.41, 5.74) is 3.14. The maximum absolute atomic E-state index is 12.6. The van der Waals surface area contributed by atoms with Gasteiger partial charge in [-0.2, -0.15) is 11.3 Å². The van der Waals surface area contributed by atoms with Gasteiger partial charge in [0.2, 0.25) is 0 Å². The molecule has 2 heterocycles. The van der Waals surface area contributed by atoms with Crippen molar-refractivity contribution in [3.8, 4) is 0 Å². The average molecular weight is 344 g/mol.